The van der Waals surface area contributed by atoms with Gasteiger partial charge in [-0.1, -0.05) is 70.1 Å². The maximum atomic E-state index is 13.4. The molecule has 1 heterocycles. The number of methoxy groups -OCH3 is 2. The van der Waals surface area contributed by atoms with E-state index < -0.39 is 42.6 Å². The predicted octanol–water partition coefficient (Wildman–Crippen LogP) is 9.32. The minimum atomic E-state index is -5.75. The SMILES string of the molecule is CCOC(=O)C(CCCCCCCCCC1c2ccc(OCOC)cc2OCC1(C)c1ccc(OCOC)cc1)C(=O)CCC(F)(F)C(F)(F)F. The van der Waals surface area contributed by atoms with Crippen LogP contribution in [0.1, 0.15) is 102 Å². The molecule has 0 saturated carbocycles. The number of unbranched alkanes of at least 4 members (excludes halogenated alkanes) is 6. The highest BCUT2D eigenvalue weighted by Crippen LogP contribution is 2.50. The molecule has 1 aliphatic rings. The van der Waals surface area contributed by atoms with Crippen LogP contribution in [0.4, 0.5) is 22.0 Å². The molecular formula is C38H51F5O8. The molecular weight excluding hydrogens is 679 g/mol. The Hall–Kier alpha value is -3.45. The quantitative estimate of drug-likeness (QED) is 0.0368. The van der Waals surface area contributed by atoms with Gasteiger partial charge in [0.2, 0.25) is 0 Å². The lowest BCUT2D eigenvalue weighted by Crippen LogP contribution is -2.40. The number of hydrogen-bond acceptors (Lipinski definition) is 8. The van der Waals surface area contributed by atoms with Crippen molar-refractivity contribution in [1.29, 1.82) is 0 Å². The van der Waals surface area contributed by atoms with Crippen molar-refractivity contribution in [3.05, 3.63) is 53.6 Å². The minimum absolute atomic E-state index is 0.0279. The van der Waals surface area contributed by atoms with Crippen LogP contribution in [0.5, 0.6) is 17.2 Å². The Morgan fingerprint density at radius 1 is 0.863 bits per heavy atom. The third-order valence-electron chi connectivity index (χ3n) is 9.40. The fourth-order valence-electron chi connectivity index (χ4n) is 6.46. The molecule has 0 spiro atoms. The van der Waals surface area contributed by atoms with E-state index in [0.717, 1.165) is 55.4 Å². The summed E-state index contributed by atoms with van der Waals surface area (Å²) in [6.45, 7) is 4.50. The van der Waals surface area contributed by atoms with Crippen LogP contribution in [0.15, 0.2) is 42.5 Å². The molecule has 0 aromatic heterocycles. The minimum Gasteiger partial charge on any atom is -0.492 e. The monoisotopic (exact) mass is 730 g/mol. The van der Waals surface area contributed by atoms with Gasteiger partial charge in [0.1, 0.15) is 28.9 Å². The molecule has 2 aromatic carbocycles. The summed E-state index contributed by atoms with van der Waals surface area (Å²) in [5, 5.41) is 0. The van der Waals surface area contributed by atoms with Gasteiger partial charge in [-0.05, 0) is 49.1 Å². The number of hydrogen-bond donors (Lipinski definition) is 0. The number of ketones is 1. The summed E-state index contributed by atoms with van der Waals surface area (Å²) in [7, 11) is 3.14. The van der Waals surface area contributed by atoms with E-state index in [9.17, 15) is 31.5 Å². The first-order valence-corrected chi connectivity index (χ1v) is 17.5. The zero-order valence-electron chi connectivity index (χ0n) is 30.0. The van der Waals surface area contributed by atoms with E-state index >= 15 is 0 Å². The number of fused-ring (bicyclic) bond motifs is 1. The largest absolute Gasteiger partial charge is 0.492 e. The van der Waals surface area contributed by atoms with Crippen molar-refractivity contribution in [3.8, 4) is 17.2 Å². The second kappa shape index (κ2) is 20.0. The van der Waals surface area contributed by atoms with Crippen molar-refractivity contribution in [1.82, 2.24) is 0 Å². The normalized spacial score (nSPS) is 18.0. The lowest BCUT2D eigenvalue weighted by atomic mass is 9.66. The molecule has 0 bridgehead atoms. The molecule has 13 heteroatoms. The van der Waals surface area contributed by atoms with Crippen molar-refractivity contribution < 1.29 is 60.0 Å². The fourth-order valence-corrected chi connectivity index (χ4v) is 6.46. The van der Waals surface area contributed by atoms with Gasteiger partial charge in [-0.15, -0.1) is 0 Å². The molecule has 3 rings (SSSR count). The molecule has 0 saturated heterocycles. The molecule has 3 unspecified atom stereocenters. The van der Waals surface area contributed by atoms with Crippen LogP contribution in [-0.4, -0.2) is 64.9 Å². The fraction of sp³-hybridized carbons (Fsp3) is 0.632. The van der Waals surface area contributed by atoms with Crippen molar-refractivity contribution in [2.45, 2.75) is 108 Å². The molecule has 0 N–H and O–H groups in total. The lowest BCUT2D eigenvalue weighted by molar-refractivity contribution is -0.284. The van der Waals surface area contributed by atoms with Crippen molar-refractivity contribution in [3.63, 3.8) is 0 Å². The maximum Gasteiger partial charge on any atom is 0.453 e. The van der Waals surface area contributed by atoms with Gasteiger partial charge in [-0.25, -0.2) is 0 Å². The van der Waals surface area contributed by atoms with Gasteiger partial charge in [-0.3, -0.25) is 9.59 Å². The molecule has 8 nitrogen and oxygen atoms in total. The zero-order chi connectivity index (χ0) is 37.5. The molecule has 3 atom stereocenters. The molecule has 0 amide bonds. The van der Waals surface area contributed by atoms with Crippen LogP contribution < -0.4 is 14.2 Å². The van der Waals surface area contributed by atoms with E-state index in [4.69, 9.17) is 28.4 Å². The highest BCUT2D eigenvalue weighted by Gasteiger charge is 2.57. The number of carbonyl (C=O) groups excluding carboxylic acids is 2. The van der Waals surface area contributed by atoms with E-state index in [1.165, 1.54) is 6.92 Å². The smallest absolute Gasteiger partial charge is 0.453 e. The first-order valence-electron chi connectivity index (χ1n) is 17.5. The number of rotatable bonds is 23. The zero-order valence-corrected chi connectivity index (χ0v) is 30.0. The third kappa shape index (κ3) is 12.1. The molecule has 0 aliphatic carbocycles. The molecule has 1 aliphatic heterocycles. The number of Topliss-reactive ketones (excluding diaryl/α,β-unsaturated/α-hetero) is 1. The molecule has 51 heavy (non-hydrogen) atoms. The van der Waals surface area contributed by atoms with Gasteiger partial charge < -0.3 is 28.4 Å². The van der Waals surface area contributed by atoms with E-state index in [1.807, 2.05) is 24.3 Å². The maximum absolute atomic E-state index is 13.4. The Balaban J connectivity index is 1.54. The van der Waals surface area contributed by atoms with E-state index in [0.29, 0.717) is 30.9 Å². The number of esters is 1. The standard InChI is InChI=1S/C38H51F5O8/c1-5-48-35(45)31(33(44)21-22-37(39,40)38(41,42)43)13-11-9-7-6-8-10-12-14-32-30-20-19-29(51-26-47-4)23-34(30)49-24-36(32,2)27-15-17-28(18-16-27)50-25-46-3/h15-20,23,31-32H,5-14,21-22,24-26H2,1-4H3. The molecule has 0 radical (unpaired) electrons. The second-order valence-corrected chi connectivity index (χ2v) is 13.1. The third-order valence-corrected chi connectivity index (χ3v) is 9.40. The molecule has 286 valence electrons. The van der Waals surface area contributed by atoms with Gasteiger partial charge in [0.15, 0.2) is 13.6 Å². The van der Waals surface area contributed by atoms with E-state index in [2.05, 4.69) is 25.1 Å². The molecule has 2 aromatic rings. The number of carbonyl (C=O) groups is 2. The Labute approximate surface area is 297 Å². The van der Waals surface area contributed by atoms with Gasteiger partial charge in [-0.2, -0.15) is 22.0 Å². The van der Waals surface area contributed by atoms with Gasteiger partial charge in [0.25, 0.3) is 0 Å². The van der Waals surface area contributed by atoms with Gasteiger partial charge in [0.05, 0.1) is 13.2 Å². The number of benzene rings is 2. The van der Waals surface area contributed by atoms with Gasteiger partial charge in [0, 0.05) is 44.5 Å². The first-order chi connectivity index (χ1) is 24.3. The summed E-state index contributed by atoms with van der Waals surface area (Å²) < 4.78 is 96.8. The van der Waals surface area contributed by atoms with Crippen LogP contribution in [-0.2, 0) is 29.2 Å². The summed E-state index contributed by atoms with van der Waals surface area (Å²) in [6, 6.07) is 13.9. The van der Waals surface area contributed by atoms with E-state index in [1.54, 1.807) is 14.2 Å². The highest BCUT2D eigenvalue weighted by atomic mass is 19.4. The number of alkyl halides is 5. The summed E-state index contributed by atoms with van der Waals surface area (Å²) >= 11 is 0. The predicted molar refractivity (Wildman–Crippen MR) is 180 cm³/mol. The summed E-state index contributed by atoms with van der Waals surface area (Å²) in [5.74, 6) is -5.84. The average molecular weight is 731 g/mol. The van der Waals surface area contributed by atoms with Crippen molar-refractivity contribution in [2.24, 2.45) is 5.92 Å². The summed E-state index contributed by atoms with van der Waals surface area (Å²) in [4.78, 5) is 24.8. The Kier molecular flexibility index (Phi) is 16.4. The van der Waals surface area contributed by atoms with Crippen LogP contribution in [0.2, 0.25) is 0 Å². The second-order valence-electron chi connectivity index (χ2n) is 13.1. The Bertz CT molecular complexity index is 1370. The summed E-state index contributed by atoms with van der Waals surface area (Å²) in [6.07, 6.45) is -1.72. The lowest BCUT2D eigenvalue weighted by Gasteiger charge is -2.43. The van der Waals surface area contributed by atoms with Crippen LogP contribution in [0, 0.1) is 5.92 Å². The Morgan fingerprint density at radius 3 is 2.06 bits per heavy atom. The number of halogens is 5. The van der Waals surface area contributed by atoms with Crippen LogP contribution in [0.25, 0.3) is 0 Å². The first kappa shape index (κ1) is 42.0. The van der Waals surface area contributed by atoms with Crippen molar-refractivity contribution >= 4 is 11.8 Å². The van der Waals surface area contributed by atoms with Crippen molar-refractivity contribution in [2.75, 3.05) is 41.0 Å². The summed E-state index contributed by atoms with van der Waals surface area (Å²) in [5.41, 5.74) is 1.94. The molecule has 0 fully saturated rings. The number of ether oxygens (including phenoxy) is 6. The highest BCUT2D eigenvalue weighted by molar-refractivity contribution is 5.99. The van der Waals surface area contributed by atoms with Crippen LogP contribution in [0.3, 0.4) is 0 Å². The van der Waals surface area contributed by atoms with Crippen LogP contribution >= 0.6 is 0 Å². The van der Waals surface area contributed by atoms with E-state index in [-0.39, 0.29) is 37.9 Å². The van der Waals surface area contributed by atoms with Gasteiger partial charge >= 0.3 is 18.1 Å². The topological polar surface area (TPSA) is 89.5 Å². The average Bonchev–Trinajstić information content (AvgIpc) is 3.10. The Morgan fingerprint density at radius 2 is 1.45 bits per heavy atom.